The molecule has 6 nitrogen and oxygen atoms in total. The van der Waals surface area contributed by atoms with Crippen LogP contribution < -0.4 is 9.64 Å². The lowest BCUT2D eigenvalue weighted by atomic mass is 9.95. The van der Waals surface area contributed by atoms with Crippen molar-refractivity contribution in [2.75, 3.05) is 17.3 Å². The number of carbonyl (C=O) groups is 2. The van der Waals surface area contributed by atoms with Crippen LogP contribution in [0.3, 0.4) is 0 Å². The average molecular weight is 402 g/mol. The first kappa shape index (κ1) is 17.9. The van der Waals surface area contributed by atoms with Crippen molar-refractivity contribution in [2.24, 2.45) is 0 Å². The topological polar surface area (TPSA) is 72.4 Å². The highest BCUT2D eigenvalue weighted by Crippen LogP contribution is 2.46. The molecule has 138 valence electrons. The molecule has 27 heavy (non-hydrogen) atoms. The van der Waals surface area contributed by atoms with Gasteiger partial charge in [0.2, 0.25) is 5.01 Å². The second-order valence-corrected chi connectivity index (χ2v) is 7.83. The quantitative estimate of drug-likeness (QED) is 0.378. The van der Waals surface area contributed by atoms with Crippen LogP contribution in [0, 0.1) is 6.92 Å². The second-order valence-electron chi connectivity index (χ2n) is 6.34. The van der Waals surface area contributed by atoms with Crippen LogP contribution in [0.15, 0.2) is 30.3 Å². The lowest BCUT2D eigenvalue weighted by molar-refractivity contribution is -0.131. The molecule has 1 aliphatic rings. The zero-order valence-corrected chi connectivity index (χ0v) is 16.3. The van der Waals surface area contributed by atoms with Crippen molar-refractivity contribution in [3.8, 4) is 5.75 Å². The first-order chi connectivity index (χ1) is 13.0. The summed E-state index contributed by atoms with van der Waals surface area (Å²) in [5.74, 6) is 0.153. The van der Waals surface area contributed by atoms with Gasteiger partial charge in [0.25, 0.3) is 5.91 Å². The van der Waals surface area contributed by atoms with Crippen molar-refractivity contribution < 1.29 is 14.3 Å². The first-order valence-electron chi connectivity index (χ1n) is 8.41. The van der Waals surface area contributed by atoms with Crippen molar-refractivity contribution in [2.45, 2.75) is 19.8 Å². The summed E-state index contributed by atoms with van der Waals surface area (Å²) >= 11 is 7.48. The minimum atomic E-state index is -0.412. The predicted octanol–water partition coefficient (Wildman–Crippen LogP) is 3.91. The third kappa shape index (κ3) is 3.07. The van der Waals surface area contributed by atoms with Crippen LogP contribution in [0.5, 0.6) is 5.75 Å². The molecule has 1 atom stereocenters. The smallest absolute Gasteiger partial charge is 0.308 e. The van der Waals surface area contributed by atoms with E-state index in [2.05, 4.69) is 10.2 Å². The maximum atomic E-state index is 13.0. The van der Waals surface area contributed by atoms with Gasteiger partial charge in [0.05, 0.1) is 5.69 Å². The Labute approximate surface area is 164 Å². The highest BCUT2D eigenvalue weighted by Gasteiger charge is 2.36. The van der Waals surface area contributed by atoms with E-state index in [1.54, 1.807) is 17.9 Å². The molecular formula is C19H16ClN3O3S. The number of rotatable bonds is 3. The minimum Gasteiger partial charge on any atom is -0.426 e. The molecule has 2 heterocycles. The van der Waals surface area contributed by atoms with Crippen LogP contribution >= 0.6 is 22.9 Å². The monoisotopic (exact) mass is 401 g/mol. The highest BCUT2D eigenvalue weighted by atomic mass is 35.5. The standard InChI is InChI=1S/C19H16ClN3O3S/c1-10-21-22-18(27-10)19(25)23-9-12(8-20)17-14-6-4-3-5-13(14)16(7-15(17)23)26-11(2)24/h3-7,12H,8-9H2,1-2H3/t12-/m1/s1. The minimum absolute atomic E-state index is 0.0177. The van der Waals surface area contributed by atoms with Gasteiger partial charge < -0.3 is 9.64 Å². The van der Waals surface area contributed by atoms with E-state index in [0.29, 0.717) is 28.9 Å². The number of halogens is 1. The summed E-state index contributed by atoms with van der Waals surface area (Å²) in [4.78, 5) is 26.3. The van der Waals surface area contributed by atoms with Crippen LogP contribution in [-0.2, 0) is 4.79 Å². The summed E-state index contributed by atoms with van der Waals surface area (Å²) < 4.78 is 5.42. The number of ether oxygens (including phenoxy) is 1. The molecule has 0 saturated heterocycles. The fourth-order valence-corrected chi connectivity index (χ4v) is 4.36. The SMILES string of the molecule is CC(=O)Oc1cc2c(c3ccccc13)[C@H](CCl)CN2C(=O)c1nnc(C)s1. The van der Waals surface area contributed by atoms with E-state index in [1.165, 1.54) is 18.3 Å². The second kappa shape index (κ2) is 6.90. The number of aryl methyl sites for hydroxylation is 1. The number of carbonyl (C=O) groups excluding carboxylic acids is 2. The third-order valence-corrected chi connectivity index (χ3v) is 5.72. The Morgan fingerprint density at radius 2 is 2.04 bits per heavy atom. The van der Waals surface area contributed by atoms with E-state index in [0.717, 1.165) is 21.3 Å². The lowest BCUT2D eigenvalue weighted by Crippen LogP contribution is -2.30. The summed E-state index contributed by atoms with van der Waals surface area (Å²) in [7, 11) is 0. The molecule has 1 amide bonds. The normalized spacial score (nSPS) is 15.8. The summed E-state index contributed by atoms with van der Waals surface area (Å²) in [6.07, 6.45) is 0. The van der Waals surface area contributed by atoms with Crippen LogP contribution in [0.2, 0.25) is 0 Å². The van der Waals surface area contributed by atoms with E-state index in [4.69, 9.17) is 16.3 Å². The Balaban J connectivity index is 1.91. The third-order valence-electron chi connectivity index (χ3n) is 4.52. The predicted molar refractivity (Wildman–Crippen MR) is 105 cm³/mol. The molecule has 0 radical (unpaired) electrons. The molecule has 4 rings (SSSR count). The van der Waals surface area contributed by atoms with Crippen molar-refractivity contribution in [1.29, 1.82) is 0 Å². The number of alkyl halides is 1. The summed E-state index contributed by atoms with van der Waals surface area (Å²) in [5.41, 5.74) is 1.69. The zero-order valence-electron chi connectivity index (χ0n) is 14.7. The molecule has 8 heteroatoms. The molecule has 1 aliphatic heterocycles. The summed E-state index contributed by atoms with van der Waals surface area (Å²) in [6.45, 7) is 3.61. The molecule has 0 saturated carbocycles. The maximum Gasteiger partial charge on any atom is 0.308 e. The molecule has 0 fully saturated rings. The molecule has 0 unspecified atom stereocenters. The molecule has 1 aromatic heterocycles. The van der Waals surface area contributed by atoms with Crippen LogP contribution in [0.1, 0.15) is 33.2 Å². The van der Waals surface area contributed by atoms with Crippen LogP contribution in [0.4, 0.5) is 5.69 Å². The first-order valence-corrected chi connectivity index (χ1v) is 9.76. The number of hydrogen-bond acceptors (Lipinski definition) is 6. The number of nitrogens with zero attached hydrogens (tertiary/aromatic N) is 3. The Kier molecular flexibility index (Phi) is 4.57. The van der Waals surface area contributed by atoms with E-state index >= 15 is 0 Å². The number of benzene rings is 2. The maximum absolute atomic E-state index is 13.0. The number of amides is 1. The van der Waals surface area contributed by atoms with Gasteiger partial charge in [0.1, 0.15) is 10.8 Å². The van der Waals surface area contributed by atoms with Gasteiger partial charge in [-0.2, -0.15) is 0 Å². The Bertz CT molecular complexity index is 1070. The van der Waals surface area contributed by atoms with Crippen LogP contribution in [0.25, 0.3) is 10.8 Å². The number of anilines is 1. The zero-order chi connectivity index (χ0) is 19.1. The van der Waals surface area contributed by atoms with E-state index in [1.807, 2.05) is 24.3 Å². The van der Waals surface area contributed by atoms with Crippen molar-refractivity contribution >= 4 is 51.3 Å². The number of aromatic nitrogens is 2. The van der Waals surface area contributed by atoms with Gasteiger partial charge in [-0.05, 0) is 17.9 Å². The van der Waals surface area contributed by atoms with Gasteiger partial charge in [0, 0.05) is 36.7 Å². The van der Waals surface area contributed by atoms with Crippen LogP contribution in [-0.4, -0.2) is 34.5 Å². The van der Waals surface area contributed by atoms with Gasteiger partial charge in [-0.25, -0.2) is 0 Å². The molecular weight excluding hydrogens is 386 g/mol. The highest BCUT2D eigenvalue weighted by molar-refractivity contribution is 7.13. The summed E-state index contributed by atoms with van der Waals surface area (Å²) in [6, 6.07) is 9.42. The Morgan fingerprint density at radius 3 is 2.67 bits per heavy atom. The van der Waals surface area contributed by atoms with Gasteiger partial charge in [-0.1, -0.05) is 35.6 Å². The van der Waals surface area contributed by atoms with E-state index < -0.39 is 5.97 Å². The average Bonchev–Trinajstić information content (AvgIpc) is 3.24. The Hall–Kier alpha value is -2.51. The number of esters is 1. The molecule has 3 aromatic rings. The molecule has 0 aliphatic carbocycles. The van der Waals surface area contributed by atoms with Gasteiger partial charge in [0.15, 0.2) is 0 Å². The van der Waals surface area contributed by atoms with Crippen molar-refractivity contribution in [3.63, 3.8) is 0 Å². The molecule has 0 spiro atoms. The molecule has 0 N–H and O–H groups in total. The fraction of sp³-hybridized carbons (Fsp3) is 0.263. The molecule has 2 aromatic carbocycles. The largest absolute Gasteiger partial charge is 0.426 e. The van der Waals surface area contributed by atoms with E-state index in [9.17, 15) is 9.59 Å². The Morgan fingerprint density at radius 1 is 1.30 bits per heavy atom. The van der Waals surface area contributed by atoms with Gasteiger partial charge in [-0.3, -0.25) is 9.59 Å². The van der Waals surface area contributed by atoms with Crippen molar-refractivity contribution in [1.82, 2.24) is 10.2 Å². The van der Waals surface area contributed by atoms with E-state index in [-0.39, 0.29) is 11.8 Å². The summed E-state index contributed by atoms with van der Waals surface area (Å²) in [5, 5.41) is 10.7. The van der Waals surface area contributed by atoms with Gasteiger partial charge in [-0.15, -0.1) is 21.8 Å². The molecule has 0 bridgehead atoms. The fourth-order valence-electron chi connectivity index (χ4n) is 3.47. The number of hydrogen-bond donors (Lipinski definition) is 0. The lowest BCUT2D eigenvalue weighted by Gasteiger charge is -2.17. The number of fused-ring (bicyclic) bond motifs is 3. The van der Waals surface area contributed by atoms with Crippen molar-refractivity contribution in [3.05, 3.63) is 45.9 Å². The van der Waals surface area contributed by atoms with Gasteiger partial charge >= 0.3 is 5.97 Å².